The number of methoxy groups -OCH3 is 1. The Morgan fingerprint density at radius 1 is 1.59 bits per heavy atom. The maximum atomic E-state index is 11.9. The molecule has 0 aliphatic rings. The molecule has 10 heteroatoms. The van der Waals surface area contributed by atoms with Gasteiger partial charge in [-0.25, -0.2) is 0 Å². The average molecular weight is 258 g/mol. The van der Waals surface area contributed by atoms with Crippen LogP contribution in [0.5, 0.6) is 0 Å². The van der Waals surface area contributed by atoms with Gasteiger partial charge >= 0.3 is 12.1 Å². The van der Waals surface area contributed by atoms with Gasteiger partial charge in [-0.05, 0) is 0 Å². The number of ether oxygens (including phenoxy) is 1. The van der Waals surface area contributed by atoms with Crippen molar-refractivity contribution in [3.63, 3.8) is 0 Å². The number of carbonyl (C=O) groups is 2. The molecule has 0 spiro atoms. The molecule has 0 rings (SSSR count). The lowest BCUT2D eigenvalue weighted by atomic mass is 10.1. The van der Waals surface area contributed by atoms with Crippen LogP contribution in [0.25, 0.3) is 0 Å². The minimum atomic E-state index is -5.18. The molecule has 2 atom stereocenters. The molecule has 7 nitrogen and oxygen atoms in total. The van der Waals surface area contributed by atoms with E-state index in [2.05, 4.69) is 4.74 Å². The molecule has 0 saturated heterocycles. The zero-order valence-electron chi connectivity index (χ0n) is 8.56. The lowest BCUT2D eigenvalue weighted by Gasteiger charge is -2.20. The second-order valence-corrected chi connectivity index (χ2v) is 2.93. The molecule has 0 saturated carbocycles. The van der Waals surface area contributed by atoms with Crippen molar-refractivity contribution in [3.8, 4) is 0 Å². The standard InChI is InChI=1S/C7H9F3N2O5/c1-17-5(3-13)4(2-12(15)16)11-6(14)7(8,9)10/h3-5H,2H2,1H3,(H,11,14)/t4-,5-/m1/s1. The molecule has 17 heavy (non-hydrogen) atoms. The maximum absolute atomic E-state index is 11.9. The molecule has 0 unspecified atom stereocenters. The summed E-state index contributed by atoms with van der Waals surface area (Å²) in [6.07, 6.45) is -6.63. The van der Waals surface area contributed by atoms with Crippen LogP contribution in [0.4, 0.5) is 13.2 Å². The number of carbonyl (C=O) groups excluding carboxylic acids is 2. The van der Waals surface area contributed by atoms with Crippen molar-refractivity contribution in [2.75, 3.05) is 13.7 Å². The fourth-order valence-electron chi connectivity index (χ4n) is 0.957. The SMILES string of the molecule is CO[C@H](C=O)[C@@H](C[N+](=O)[O-])NC(=O)C(F)(F)F. The van der Waals surface area contributed by atoms with Gasteiger partial charge in [0.25, 0.3) is 0 Å². The highest BCUT2D eigenvalue weighted by Crippen LogP contribution is 2.15. The van der Waals surface area contributed by atoms with Gasteiger partial charge in [-0.3, -0.25) is 14.9 Å². The molecule has 0 radical (unpaired) electrons. The zero-order chi connectivity index (χ0) is 13.6. The maximum Gasteiger partial charge on any atom is 0.471 e. The second-order valence-electron chi connectivity index (χ2n) is 2.93. The molecular formula is C7H9F3N2O5. The summed E-state index contributed by atoms with van der Waals surface area (Å²) in [5, 5.41) is 11.5. The second kappa shape index (κ2) is 6.13. The van der Waals surface area contributed by atoms with Crippen LogP contribution in [0, 0.1) is 10.1 Å². The summed E-state index contributed by atoms with van der Waals surface area (Å²) in [6, 6.07) is -1.68. The highest BCUT2D eigenvalue weighted by Gasteiger charge is 2.42. The van der Waals surface area contributed by atoms with Crippen LogP contribution in [-0.4, -0.2) is 49.1 Å². The molecule has 0 aromatic carbocycles. The van der Waals surface area contributed by atoms with Gasteiger partial charge in [-0.15, -0.1) is 0 Å². The third-order valence-electron chi connectivity index (χ3n) is 1.72. The van der Waals surface area contributed by atoms with Crippen LogP contribution in [-0.2, 0) is 14.3 Å². The summed E-state index contributed by atoms with van der Waals surface area (Å²) >= 11 is 0. The Balaban J connectivity index is 4.76. The van der Waals surface area contributed by atoms with E-state index >= 15 is 0 Å². The monoisotopic (exact) mass is 258 g/mol. The Kier molecular flexibility index (Phi) is 5.51. The molecule has 0 aromatic rings. The summed E-state index contributed by atoms with van der Waals surface area (Å²) in [4.78, 5) is 30.2. The first kappa shape index (κ1) is 15.3. The first-order valence-electron chi connectivity index (χ1n) is 4.20. The van der Waals surface area contributed by atoms with Crippen molar-refractivity contribution in [1.29, 1.82) is 0 Å². The van der Waals surface area contributed by atoms with Gasteiger partial charge in [0.15, 0.2) is 6.29 Å². The van der Waals surface area contributed by atoms with Crippen molar-refractivity contribution < 1.29 is 32.4 Å². The fourth-order valence-corrected chi connectivity index (χ4v) is 0.957. The predicted octanol–water partition coefficient (Wildman–Crippen LogP) is -0.476. The predicted molar refractivity (Wildman–Crippen MR) is 46.7 cm³/mol. The van der Waals surface area contributed by atoms with Gasteiger partial charge in [0, 0.05) is 12.0 Å². The van der Waals surface area contributed by atoms with Crippen molar-refractivity contribution in [3.05, 3.63) is 10.1 Å². The molecular weight excluding hydrogens is 249 g/mol. The Hall–Kier alpha value is -1.71. The average Bonchev–Trinajstić information content (AvgIpc) is 2.16. The summed E-state index contributed by atoms with van der Waals surface area (Å²) < 4.78 is 40.1. The van der Waals surface area contributed by atoms with E-state index < -0.39 is 35.7 Å². The number of nitro groups is 1. The number of amides is 1. The van der Waals surface area contributed by atoms with Crippen LogP contribution >= 0.6 is 0 Å². The number of halogens is 3. The Bertz CT molecular complexity index is 306. The minimum Gasteiger partial charge on any atom is -0.372 e. The highest BCUT2D eigenvalue weighted by molar-refractivity contribution is 5.82. The van der Waals surface area contributed by atoms with Crippen molar-refractivity contribution in [2.24, 2.45) is 0 Å². The Morgan fingerprint density at radius 2 is 2.12 bits per heavy atom. The minimum absolute atomic E-state index is 0.0742. The zero-order valence-corrected chi connectivity index (χ0v) is 8.56. The number of hydrogen-bond donors (Lipinski definition) is 1. The highest BCUT2D eigenvalue weighted by atomic mass is 19.4. The van der Waals surface area contributed by atoms with E-state index in [4.69, 9.17) is 0 Å². The fraction of sp³-hybridized carbons (Fsp3) is 0.714. The van der Waals surface area contributed by atoms with Crippen molar-refractivity contribution in [2.45, 2.75) is 18.3 Å². The van der Waals surface area contributed by atoms with Crippen molar-refractivity contribution in [1.82, 2.24) is 5.32 Å². The van der Waals surface area contributed by atoms with E-state index in [9.17, 15) is 32.9 Å². The van der Waals surface area contributed by atoms with Crippen molar-refractivity contribution >= 4 is 12.2 Å². The molecule has 0 aromatic heterocycles. The quantitative estimate of drug-likeness (QED) is 0.394. The van der Waals surface area contributed by atoms with Crippen LogP contribution in [0.15, 0.2) is 0 Å². The van der Waals surface area contributed by atoms with Crippen LogP contribution in [0.3, 0.4) is 0 Å². The van der Waals surface area contributed by atoms with E-state index in [1.807, 2.05) is 0 Å². The number of nitrogens with one attached hydrogen (secondary N) is 1. The Morgan fingerprint density at radius 3 is 2.41 bits per heavy atom. The Labute approximate surface area is 93.1 Å². The molecule has 0 fully saturated rings. The van der Waals surface area contributed by atoms with Crippen LogP contribution in [0.1, 0.15) is 0 Å². The number of hydrogen-bond acceptors (Lipinski definition) is 5. The van der Waals surface area contributed by atoms with E-state index in [0.29, 0.717) is 0 Å². The topological polar surface area (TPSA) is 98.5 Å². The van der Waals surface area contributed by atoms with E-state index in [0.717, 1.165) is 7.11 Å². The molecule has 1 amide bonds. The number of alkyl halides is 3. The molecule has 1 N–H and O–H groups in total. The van der Waals surface area contributed by atoms with Gasteiger partial charge < -0.3 is 14.8 Å². The number of aldehydes is 1. The van der Waals surface area contributed by atoms with Gasteiger partial charge in [-0.1, -0.05) is 0 Å². The van der Waals surface area contributed by atoms with E-state index in [1.54, 1.807) is 0 Å². The molecule has 0 bridgehead atoms. The smallest absolute Gasteiger partial charge is 0.372 e. The van der Waals surface area contributed by atoms with Crippen LogP contribution in [0.2, 0.25) is 0 Å². The van der Waals surface area contributed by atoms with Gasteiger partial charge in [0.2, 0.25) is 6.54 Å². The van der Waals surface area contributed by atoms with E-state index in [1.165, 1.54) is 5.32 Å². The largest absolute Gasteiger partial charge is 0.471 e. The first-order chi connectivity index (χ1) is 7.72. The number of rotatable bonds is 6. The van der Waals surface area contributed by atoms with Gasteiger partial charge in [0.1, 0.15) is 12.1 Å². The normalized spacial score (nSPS) is 14.8. The van der Waals surface area contributed by atoms with E-state index in [-0.39, 0.29) is 6.29 Å². The first-order valence-corrected chi connectivity index (χ1v) is 4.20. The summed E-state index contributed by atoms with van der Waals surface area (Å²) in [5.41, 5.74) is 0. The van der Waals surface area contributed by atoms with Gasteiger partial charge in [0.05, 0.1) is 0 Å². The third-order valence-corrected chi connectivity index (χ3v) is 1.72. The molecule has 0 aliphatic heterocycles. The van der Waals surface area contributed by atoms with Crippen LogP contribution < -0.4 is 5.32 Å². The lowest BCUT2D eigenvalue weighted by Crippen LogP contribution is -2.52. The third kappa shape index (κ3) is 5.24. The molecule has 0 aliphatic carbocycles. The molecule has 0 heterocycles. The lowest BCUT2D eigenvalue weighted by molar-refractivity contribution is -0.484. The molecule has 98 valence electrons. The summed E-state index contributed by atoms with van der Waals surface area (Å²) in [7, 11) is 0.978. The van der Waals surface area contributed by atoms with Gasteiger partial charge in [-0.2, -0.15) is 13.2 Å². The number of nitrogens with zero attached hydrogens (tertiary/aromatic N) is 1. The summed E-state index contributed by atoms with van der Waals surface area (Å²) in [6.45, 7) is -1.06. The summed E-state index contributed by atoms with van der Waals surface area (Å²) in [5.74, 6) is -2.37.